The summed E-state index contributed by atoms with van der Waals surface area (Å²) in [5, 5.41) is 11.9. The average molecular weight is 474 g/mol. The topological polar surface area (TPSA) is 88.4 Å². The zero-order valence-electron chi connectivity index (χ0n) is 14.1. The maximum atomic E-state index is 12.0. The van der Waals surface area contributed by atoms with Crippen LogP contribution in [0.25, 0.3) is 6.08 Å². The van der Waals surface area contributed by atoms with Crippen molar-refractivity contribution in [3.05, 3.63) is 32.2 Å². The van der Waals surface area contributed by atoms with Crippen molar-refractivity contribution in [2.24, 2.45) is 0 Å². The lowest BCUT2D eigenvalue weighted by Gasteiger charge is -2.11. The van der Waals surface area contributed by atoms with E-state index in [1.54, 1.807) is 19.1 Å². The fourth-order valence-electron chi connectivity index (χ4n) is 1.79. The van der Waals surface area contributed by atoms with Crippen molar-refractivity contribution >= 4 is 49.8 Å². The van der Waals surface area contributed by atoms with Gasteiger partial charge in [-0.05, 0) is 76.4 Å². The second kappa shape index (κ2) is 10.2. The van der Waals surface area contributed by atoms with Crippen LogP contribution in [0.2, 0.25) is 0 Å². The minimum atomic E-state index is -0.470. The second-order valence-corrected chi connectivity index (χ2v) is 6.91. The Balaban J connectivity index is 3.01. The maximum absolute atomic E-state index is 12.0. The van der Waals surface area contributed by atoms with Crippen LogP contribution in [-0.2, 0) is 14.3 Å². The molecular weight excluding hydrogens is 456 g/mol. The van der Waals surface area contributed by atoms with Gasteiger partial charge >= 0.3 is 5.97 Å². The molecule has 134 valence electrons. The van der Waals surface area contributed by atoms with Crippen LogP contribution in [0.4, 0.5) is 0 Å². The van der Waals surface area contributed by atoms with Gasteiger partial charge in [-0.1, -0.05) is 0 Å². The molecule has 1 rings (SSSR count). The lowest BCUT2D eigenvalue weighted by molar-refractivity contribution is -0.145. The summed E-state index contributed by atoms with van der Waals surface area (Å²) in [4.78, 5) is 23.3. The zero-order chi connectivity index (χ0) is 19.0. The van der Waals surface area contributed by atoms with Gasteiger partial charge in [0.25, 0.3) is 5.91 Å². The Bertz CT molecular complexity index is 701. The Morgan fingerprint density at radius 1 is 1.32 bits per heavy atom. The third-order valence-corrected chi connectivity index (χ3v) is 3.93. The first-order valence-corrected chi connectivity index (χ1v) is 9.07. The number of rotatable bonds is 7. The molecule has 0 aromatic heterocycles. The predicted molar refractivity (Wildman–Crippen MR) is 101 cm³/mol. The van der Waals surface area contributed by atoms with E-state index in [0.717, 1.165) is 0 Å². The van der Waals surface area contributed by atoms with Crippen LogP contribution in [0.1, 0.15) is 26.3 Å². The van der Waals surface area contributed by atoms with Gasteiger partial charge in [0, 0.05) is 6.04 Å². The molecule has 0 saturated carbocycles. The normalized spacial score (nSPS) is 11.0. The lowest BCUT2D eigenvalue weighted by atomic mass is 10.1. The molecule has 8 heteroatoms. The van der Waals surface area contributed by atoms with Gasteiger partial charge in [0.15, 0.2) is 6.61 Å². The van der Waals surface area contributed by atoms with Crippen molar-refractivity contribution < 1.29 is 19.1 Å². The summed E-state index contributed by atoms with van der Waals surface area (Å²) in [7, 11) is 0. The van der Waals surface area contributed by atoms with Gasteiger partial charge in [-0.15, -0.1) is 0 Å². The van der Waals surface area contributed by atoms with E-state index < -0.39 is 11.9 Å². The lowest BCUT2D eigenvalue weighted by Crippen LogP contribution is -2.30. The fraction of sp³-hybridized carbons (Fsp3) is 0.353. The summed E-state index contributed by atoms with van der Waals surface area (Å²) in [6.07, 6.45) is 1.47. The number of benzene rings is 1. The number of hydrogen-bond donors (Lipinski definition) is 1. The standard InChI is InChI=1S/C17H18Br2N2O4/c1-4-24-15(22)9-25-16-13(18)6-11(7-14(16)19)5-12(8-20)17(23)21-10(2)3/h5-7,10H,4,9H2,1-3H3,(H,21,23)/b12-5-. The molecule has 0 saturated heterocycles. The van der Waals surface area contributed by atoms with Gasteiger partial charge in [0.1, 0.15) is 17.4 Å². The minimum absolute atomic E-state index is 0.00677. The molecule has 0 unspecified atom stereocenters. The van der Waals surface area contributed by atoms with E-state index in [1.807, 2.05) is 19.9 Å². The molecular formula is C17H18Br2N2O4. The summed E-state index contributed by atoms with van der Waals surface area (Å²) in [5.74, 6) is -0.481. The fourth-order valence-corrected chi connectivity index (χ4v) is 3.24. The Kier molecular flexibility index (Phi) is 8.66. The second-order valence-electron chi connectivity index (χ2n) is 5.21. The zero-order valence-corrected chi connectivity index (χ0v) is 17.2. The molecule has 0 atom stereocenters. The van der Waals surface area contributed by atoms with Crippen LogP contribution in [0.15, 0.2) is 26.7 Å². The van der Waals surface area contributed by atoms with E-state index >= 15 is 0 Å². The van der Waals surface area contributed by atoms with Crippen LogP contribution in [0.3, 0.4) is 0 Å². The SMILES string of the molecule is CCOC(=O)COc1c(Br)cc(/C=C(/C#N)C(=O)NC(C)C)cc1Br. The number of halogens is 2. The van der Waals surface area contributed by atoms with Gasteiger partial charge in [-0.2, -0.15) is 5.26 Å². The largest absolute Gasteiger partial charge is 0.480 e. The third kappa shape index (κ3) is 6.88. The van der Waals surface area contributed by atoms with E-state index in [-0.39, 0.29) is 24.8 Å². The molecule has 0 radical (unpaired) electrons. The Morgan fingerprint density at radius 2 is 1.92 bits per heavy atom. The van der Waals surface area contributed by atoms with Crippen LogP contribution in [-0.4, -0.2) is 31.1 Å². The van der Waals surface area contributed by atoms with Gasteiger partial charge in [0.2, 0.25) is 0 Å². The van der Waals surface area contributed by atoms with Crippen molar-refractivity contribution in [1.29, 1.82) is 5.26 Å². The van der Waals surface area contributed by atoms with Gasteiger partial charge in [-0.25, -0.2) is 4.79 Å². The summed E-state index contributed by atoms with van der Waals surface area (Å²) in [5.41, 5.74) is 0.616. The Labute approximate surface area is 163 Å². The molecule has 0 heterocycles. The molecule has 1 amide bonds. The van der Waals surface area contributed by atoms with Crippen molar-refractivity contribution in [3.8, 4) is 11.8 Å². The number of amides is 1. The first-order valence-electron chi connectivity index (χ1n) is 7.48. The van der Waals surface area contributed by atoms with E-state index in [1.165, 1.54) is 6.08 Å². The van der Waals surface area contributed by atoms with Crippen LogP contribution in [0, 0.1) is 11.3 Å². The smallest absolute Gasteiger partial charge is 0.344 e. The van der Waals surface area contributed by atoms with Crippen LogP contribution < -0.4 is 10.1 Å². The van der Waals surface area contributed by atoms with E-state index in [2.05, 4.69) is 37.2 Å². The maximum Gasteiger partial charge on any atom is 0.344 e. The van der Waals surface area contributed by atoms with Crippen molar-refractivity contribution in [2.45, 2.75) is 26.8 Å². The number of esters is 1. The molecule has 1 aromatic rings. The summed E-state index contributed by atoms with van der Waals surface area (Å²) < 4.78 is 11.4. The predicted octanol–water partition coefficient (Wildman–Crippen LogP) is 3.59. The summed E-state index contributed by atoms with van der Waals surface area (Å²) in [6.45, 7) is 5.41. The molecule has 0 spiro atoms. The van der Waals surface area contributed by atoms with Crippen molar-refractivity contribution in [3.63, 3.8) is 0 Å². The van der Waals surface area contributed by atoms with Gasteiger partial charge < -0.3 is 14.8 Å². The summed E-state index contributed by atoms with van der Waals surface area (Å²) >= 11 is 6.71. The highest BCUT2D eigenvalue weighted by atomic mass is 79.9. The first-order chi connectivity index (χ1) is 11.8. The molecule has 1 aromatic carbocycles. The molecule has 0 aliphatic rings. The van der Waals surface area contributed by atoms with Crippen LogP contribution >= 0.6 is 31.9 Å². The molecule has 0 fully saturated rings. The molecule has 0 aliphatic carbocycles. The number of carbonyl (C=O) groups is 2. The third-order valence-electron chi connectivity index (χ3n) is 2.76. The Hall–Kier alpha value is -1.85. The molecule has 0 aliphatic heterocycles. The van der Waals surface area contributed by atoms with E-state index in [4.69, 9.17) is 9.47 Å². The van der Waals surface area contributed by atoms with E-state index in [9.17, 15) is 14.9 Å². The number of carbonyl (C=O) groups excluding carboxylic acids is 2. The number of nitrogens with one attached hydrogen (secondary N) is 1. The molecule has 0 bridgehead atoms. The quantitative estimate of drug-likeness (QED) is 0.371. The van der Waals surface area contributed by atoms with E-state index in [0.29, 0.717) is 20.3 Å². The molecule has 1 N–H and O–H groups in total. The monoisotopic (exact) mass is 472 g/mol. The van der Waals surface area contributed by atoms with Crippen molar-refractivity contribution in [2.75, 3.05) is 13.2 Å². The van der Waals surface area contributed by atoms with Gasteiger partial charge in [0.05, 0.1) is 15.6 Å². The minimum Gasteiger partial charge on any atom is -0.480 e. The number of nitrogens with zero attached hydrogens (tertiary/aromatic N) is 1. The highest BCUT2D eigenvalue weighted by molar-refractivity contribution is 9.11. The average Bonchev–Trinajstić information content (AvgIpc) is 2.51. The number of ether oxygens (including phenoxy) is 2. The number of nitriles is 1. The van der Waals surface area contributed by atoms with Gasteiger partial charge in [-0.3, -0.25) is 4.79 Å². The molecule has 25 heavy (non-hydrogen) atoms. The number of hydrogen-bond acceptors (Lipinski definition) is 5. The highest BCUT2D eigenvalue weighted by Gasteiger charge is 2.14. The van der Waals surface area contributed by atoms with Crippen LogP contribution in [0.5, 0.6) is 5.75 Å². The first kappa shape index (κ1) is 21.2. The molecule has 6 nitrogen and oxygen atoms in total. The Morgan fingerprint density at radius 3 is 2.40 bits per heavy atom. The highest BCUT2D eigenvalue weighted by Crippen LogP contribution is 2.35. The summed E-state index contributed by atoms with van der Waals surface area (Å²) in [6, 6.07) is 5.19. The van der Waals surface area contributed by atoms with Crippen molar-refractivity contribution in [1.82, 2.24) is 5.32 Å².